The lowest BCUT2D eigenvalue weighted by Gasteiger charge is -2.14. The molecular weight excluding hydrogens is 537 g/mol. The van der Waals surface area contributed by atoms with Crippen LogP contribution in [-0.2, 0) is 0 Å². The Balaban J connectivity index is 2.05. The average Bonchev–Trinajstić information content (AvgIpc) is 3.05. The Kier molecular flexibility index (Phi) is 6.39. The monoisotopic (exact) mass is 545 g/mol. The second-order valence-corrected chi connectivity index (χ2v) is 7.98. The van der Waals surface area contributed by atoms with Gasteiger partial charge in [0, 0.05) is 28.3 Å². The molecule has 0 unspecified atom stereocenters. The zero-order valence-corrected chi connectivity index (χ0v) is 18.8. The SMILES string of the molecule is CNC(=O)c1cc(Br)cc(Br)c1NC(=O)c1cc(Cl)nn1-c1ncccc1Cl. The Morgan fingerprint density at radius 1 is 1.14 bits per heavy atom. The molecule has 0 spiro atoms. The predicted octanol–water partition coefficient (Wildman–Crippen LogP) is 4.71. The maximum atomic E-state index is 13.0. The zero-order chi connectivity index (χ0) is 20.4. The molecule has 0 aliphatic carbocycles. The highest BCUT2D eigenvalue weighted by atomic mass is 79.9. The number of benzene rings is 1. The number of carbonyl (C=O) groups excluding carboxylic acids is 2. The van der Waals surface area contributed by atoms with Gasteiger partial charge in [0.25, 0.3) is 11.8 Å². The van der Waals surface area contributed by atoms with Crippen LogP contribution < -0.4 is 10.6 Å². The van der Waals surface area contributed by atoms with Crippen LogP contribution in [0.2, 0.25) is 10.2 Å². The fraction of sp³-hybridized carbons (Fsp3) is 0.0588. The summed E-state index contributed by atoms with van der Waals surface area (Å²) in [7, 11) is 1.50. The first-order chi connectivity index (χ1) is 13.3. The van der Waals surface area contributed by atoms with E-state index in [1.807, 2.05) is 0 Å². The number of hydrogen-bond acceptors (Lipinski definition) is 4. The van der Waals surface area contributed by atoms with E-state index in [0.29, 0.717) is 19.7 Å². The Bertz CT molecular complexity index is 1090. The number of rotatable bonds is 4. The molecule has 0 radical (unpaired) electrons. The standard InChI is InChI=1S/C17H11Br2Cl2N5O2/c1-22-16(27)9-5-8(18)6-10(19)14(9)24-17(28)12-7-13(21)25-26(12)15-11(20)3-2-4-23-15/h2-7H,1H3,(H,22,27)(H,24,28). The van der Waals surface area contributed by atoms with Crippen molar-refractivity contribution in [2.45, 2.75) is 0 Å². The summed E-state index contributed by atoms with van der Waals surface area (Å²) >= 11 is 18.9. The molecule has 3 rings (SSSR count). The molecule has 0 aliphatic heterocycles. The van der Waals surface area contributed by atoms with Crippen molar-refractivity contribution in [3.63, 3.8) is 0 Å². The minimum Gasteiger partial charge on any atom is -0.355 e. The normalized spacial score (nSPS) is 10.6. The number of carbonyl (C=O) groups is 2. The van der Waals surface area contributed by atoms with Gasteiger partial charge in [0.2, 0.25) is 0 Å². The number of pyridine rings is 1. The first-order valence-electron chi connectivity index (χ1n) is 7.70. The van der Waals surface area contributed by atoms with Crippen LogP contribution in [0.4, 0.5) is 5.69 Å². The smallest absolute Gasteiger partial charge is 0.274 e. The van der Waals surface area contributed by atoms with Gasteiger partial charge in [-0.3, -0.25) is 9.59 Å². The summed E-state index contributed by atoms with van der Waals surface area (Å²) in [5.74, 6) is -0.659. The van der Waals surface area contributed by atoms with Crippen molar-refractivity contribution < 1.29 is 9.59 Å². The molecule has 0 saturated heterocycles. The van der Waals surface area contributed by atoms with Crippen molar-refractivity contribution in [1.29, 1.82) is 0 Å². The van der Waals surface area contributed by atoms with Crippen LogP contribution in [-0.4, -0.2) is 33.6 Å². The summed E-state index contributed by atoms with van der Waals surface area (Å²) in [5, 5.41) is 9.74. The van der Waals surface area contributed by atoms with Crippen molar-refractivity contribution >= 4 is 72.6 Å². The van der Waals surface area contributed by atoms with E-state index < -0.39 is 5.91 Å². The predicted molar refractivity (Wildman–Crippen MR) is 115 cm³/mol. The van der Waals surface area contributed by atoms with Gasteiger partial charge in [-0.05, 0) is 40.2 Å². The fourth-order valence-electron chi connectivity index (χ4n) is 2.40. The lowest BCUT2D eigenvalue weighted by atomic mass is 10.1. The van der Waals surface area contributed by atoms with Gasteiger partial charge < -0.3 is 10.6 Å². The molecule has 0 saturated carbocycles. The second-order valence-electron chi connectivity index (χ2n) is 5.42. The molecular formula is C17H11Br2Cl2N5O2. The van der Waals surface area contributed by atoms with Crippen molar-refractivity contribution in [2.75, 3.05) is 12.4 Å². The van der Waals surface area contributed by atoms with Crippen molar-refractivity contribution in [1.82, 2.24) is 20.1 Å². The number of halogens is 4. The van der Waals surface area contributed by atoms with Gasteiger partial charge in [-0.15, -0.1) is 0 Å². The van der Waals surface area contributed by atoms with Gasteiger partial charge in [-0.2, -0.15) is 5.10 Å². The molecule has 1 aromatic carbocycles. The van der Waals surface area contributed by atoms with Gasteiger partial charge in [-0.1, -0.05) is 39.1 Å². The van der Waals surface area contributed by atoms with E-state index in [4.69, 9.17) is 23.2 Å². The van der Waals surface area contributed by atoms with Crippen LogP contribution in [0.15, 0.2) is 45.5 Å². The third-order valence-electron chi connectivity index (χ3n) is 3.62. The number of aromatic nitrogens is 3. The molecule has 3 aromatic rings. The van der Waals surface area contributed by atoms with Crippen LogP contribution in [0.5, 0.6) is 0 Å². The fourth-order valence-corrected chi connectivity index (χ4v) is 4.11. The number of hydrogen-bond donors (Lipinski definition) is 2. The molecule has 2 heterocycles. The van der Waals surface area contributed by atoms with Gasteiger partial charge in [-0.25, -0.2) is 9.67 Å². The molecule has 144 valence electrons. The first kappa shape index (κ1) is 20.8. The van der Waals surface area contributed by atoms with Crippen molar-refractivity contribution in [3.8, 4) is 5.82 Å². The van der Waals surface area contributed by atoms with Crippen LogP contribution in [0.1, 0.15) is 20.8 Å². The maximum absolute atomic E-state index is 13.0. The summed E-state index contributed by atoms with van der Waals surface area (Å²) in [4.78, 5) is 29.3. The number of anilines is 1. The lowest BCUT2D eigenvalue weighted by molar-refractivity contribution is 0.0964. The van der Waals surface area contributed by atoms with Crippen LogP contribution in [0.3, 0.4) is 0 Å². The van der Waals surface area contributed by atoms with Gasteiger partial charge in [0.15, 0.2) is 11.0 Å². The molecule has 0 aliphatic rings. The Hall–Kier alpha value is -1.94. The van der Waals surface area contributed by atoms with E-state index in [2.05, 4.69) is 52.6 Å². The largest absolute Gasteiger partial charge is 0.355 e. The van der Waals surface area contributed by atoms with Gasteiger partial charge in [0.05, 0.1) is 16.3 Å². The topological polar surface area (TPSA) is 88.9 Å². The zero-order valence-electron chi connectivity index (χ0n) is 14.1. The quantitative estimate of drug-likeness (QED) is 0.495. The summed E-state index contributed by atoms with van der Waals surface area (Å²) in [5.41, 5.74) is 0.664. The van der Waals surface area contributed by atoms with Crippen molar-refractivity contribution in [3.05, 3.63) is 66.9 Å². The number of nitrogens with zero attached hydrogens (tertiary/aromatic N) is 3. The Morgan fingerprint density at radius 2 is 1.89 bits per heavy atom. The highest BCUT2D eigenvalue weighted by Gasteiger charge is 2.22. The van der Waals surface area contributed by atoms with Crippen molar-refractivity contribution in [2.24, 2.45) is 0 Å². The van der Waals surface area contributed by atoms with Gasteiger partial charge in [0.1, 0.15) is 5.69 Å². The third-order valence-corrected chi connectivity index (χ3v) is 5.18. The maximum Gasteiger partial charge on any atom is 0.274 e. The van der Waals surface area contributed by atoms with E-state index in [9.17, 15) is 9.59 Å². The minimum atomic E-state index is -0.547. The summed E-state index contributed by atoms with van der Waals surface area (Å²) in [6, 6.07) is 7.97. The molecule has 7 nitrogen and oxygen atoms in total. The molecule has 2 amide bonds. The third kappa shape index (κ3) is 4.22. The Morgan fingerprint density at radius 3 is 2.57 bits per heavy atom. The Labute approximate surface area is 186 Å². The average molecular weight is 548 g/mol. The van der Waals surface area contributed by atoms with Crippen LogP contribution in [0.25, 0.3) is 5.82 Å². The highest BCUT2D eigenvalue weighted by molar-refractivity contribution is 9.11. The molecule has 11 heteroatoms. The molecule has 0 bridgehead atoms. The summed E-state index contributed by atoms with van der Waals surface area (Å²) < 4.78 is 2.43. The van der Waals surface area contributed by atoms with E-state index in [1.165, 1.54) is 24.0 Å². The highest BCUT2D eigenvalue weighted by Crippen LogP contribution is 2.32. The molecule has 2 aromatic heterocycles. The van der Waals surface area contributed by atoms with E-state index in [1.54, 1.807) is 24.3 Å². The van der Waals surface area contributed by atoms with Crippen LogP contribution in [0, 0.1) is 0 Å². The molecule has 28 heavy (non-hydrogen) atoms. The molecule has 0 atom stereocenters. The first-order valence-corrected chi connectivity index (χ1v) is 10.0. The molecule has 0 fully saturated rings. The van der Waals surface area contributed by atoms with Crippen LogP contribution >= 0.6 is 55.1 Å². The van der Waals surface area contributed by atoms with E-state index >= 15 is 0 Å². The second kappa shape index (κ2) is 8.60. The lowest BCUT2D eigenvalue weighted by Crippen LogP contribution is -2.23. The van der Waals surface area contributed by atoms with Gasteiger partial charge >= 0.3 is 0 Å². The minimum absolute atomic E-state index is 0.0910. The number of amides is 2. The summed E-state index contributed by atoms with van der Waals surface area (Å²) in [6.45, 7) is 0. The molecule has 2 N–H and O–H groups in total. The number of nitrogens with one attached hydrogen (secondary N) is 2. The summed E-state index contributed by atoms with van der Waals surface area (Å²) in [6.07, 6.45) is 1.52. The van der Waals surface area contributed by atoms with E-state index in [0.717, 1.165) is 0 Å². The van der Waals surface area contributed by atoms with E-state index in [-0.39, 0.29) is 28.1 Å².